The first-order valence-corrected chi connectivity index (χ1v) is 7.07. The summed E-state index contributed by atoms with van der Waals surface area (Å²) in [6.07, 6.45) is 10.4. The van der Waals surface area contributed by atoms with E-state index in [9.17, 15) is 0 Å². The number of anilines is 1. The molecule has 0 atom stereocenters. The summed E-state index contributed by atoms with van der Waals surface area (Å²) in [5.74, 6) is 0.795. The molecule has 0 fully saturated rings. The van der Waals surface area contributed by atoms with Crippen LogP contribution in [0.2, 0.25) is 0 Å². The van der Waals surface area contributed by atoms with Gasteiger partial charge in [-0.3, -0.25) is 4.68 Å². The second kappa shape index (κ2) is 6.21. The summed E-state index contributed by atoms with van der Waals surface area (Å²) in [4.78, 5) is 4.39. The van der Waals surface area contributed by atoms with Crippen LogP contribution < -0.4 is 5.32 Å². The Hall–Kier alpha value is -2.63. The van der Waals surface area contributed by atoms with Gasteiger partial charge in [-0.25, -0.2) is 9.67 Å². The number of pyridine rings is 1. The first-order chi connectivity index (χ1) is 10.4. The van der Waals surface area contributed by atoms with Crippen LogP contribution in [-0.4, -0.2) is 24.5 Å². The van der Waals surface area contributed by atoms with Gasteiger partial charge in [0.15, 0.2) is 5.82 Å². The van der Waals surface area contributed by atoms with Crippen LogP contribution in [0.15, 0.2) is 49.2 Å². The molecule has 0 bridgehead atoms. The van der Waals surface area contributed by atoms with Crippen LogP contribution in [0.4, 0.5) is 5.69 Å². The first-order valence-electron chi connectivity index (χ1n) is 7.07. The van der Waals surface area contributed by atoms with Gasteiger partial charge in [0.05, 0.1) is 11.9 Å². The summed E-state index contributed by atoms with van der Waals surface area (Å²) in [5.41, 5.74) is 2.10. The summed E-state index contributed by atoms with van der Waals surface area (Å²) < 4.78 is 3.72. The molecule has 3 aromatic heterocycles. The van der Waals surface area contributed by atoms with E-state index in [1.54, 1.807) is 17.1 Å². The SMILES string of the molecule is CCCn1cc(CNc2cccnc2-n2cccn2)cn1. The van der Waals surface area contributed by atoms with Gasteiger partial charge >= 0.3 is 0 Å². The van der Waals surface area contributed by atoms with Crippen molar-refractivity contribution in [3.8, 4) is 5.82 Å². The second-order valence-electron chi connectivity index (χ2n) is 4.79. The maximum atomic E-state index is 4.39. The summed E-state index contributed by atoms with van der Waals surface area (Å²) in [6.45, 7) is 3.81. The van der Waals surface area contributed by atoms with Gasteiger partial charge in [0.1, 0.15) is 0 Å². The highest BCUT2D eigenvalue weighted by atomic mass is 15.3. The monoisotopic (exact) mass is 282 g/mol. The highest BCUT2D eigenvalue weighted by Gasteiger charge is 2.06. The Bertz CT molecular complexity index is 686. The fourth-order valence-corrected chi connectivity index (χ4v) is 2.16. The number of aromatic nitrogens is 5. The molecule has 0 aliphatic heterocycles. The maximum Gasteiger partial charge on any atom is 0.176 e. The van der Waals surface area contributed by atoms with Crippen molar-refractivity contribution in [1.29, 1.82) is 0 Å². The summed E-state index contributed by atoms with van der Waals surface area (Å²) in [6, 6.07) is 5.80. The van der Waals surface area contributed by atoms with Crippen LogP contribution in [0, 0.1) is 0 Å². The lowest BCUT2D eigenvalue weighted by molar-refractivity contribution is 0.602. The van der Waals surface area contributed by atoms with Gasteiger partial charge in [0.2, 0.25) is 0 Å². The first kappa shape index (κ1) is 13.4. The molecule has 0 unspecified atom stereocenters. The van der Waals surface area contributed by atoms with E-state index < -0.39 is 0 Å². The molecule has 3 heterocycles. The third-order valence-electron chi connectivity index (χ3n) is 3.13. The lowest BCUT2D eigenvalue weighted by Gasteiger charge is -2.09. The summed E-state index contributed by atoms with van der Waals surface area (Å²) in [7, 11) is 0. The standard InChI is InChI=1S/C15H18N6/c1-2-8-20-12-13(11-19-20)10-17-14-5-3-6-16-15(14)21-9-4-7-18-21/h3-7,9,11-12,17H,2,8,10H2,1H3. The predicted molar refractivity (Wildman–Crippen MR) is 81.2 cm³/mol. The van der Waals surface area contributed by atoms with E-state index in [1.165, 1.54) is 0 Å². The van der Waals surface area contributed by atoms with Crippen molar-refractivity contribution >= 4 is 5.69 Å². The van der Waals surface area contributed by atoms with Crippen LogP contribution in [0.1, 0.15) is 18.9 Å². The number of aryl methyl sites for hydroxylation is 1. The topological polar surface area (TPSA) is 60.6 Å². The van der Waals surface area contributed by atoms with Crippen molar-refractivity contribution in [2.75, 3.05) is 5.32 Å². The average Bonchev–Trinajstić information content (AvgIpc) is 3.17. The van der Waals surface area contributed by atoms with E-state index in [4.69, 9.17) is 0 Å². The third-order valence-corrected chi connectivity index (χ3v) is 3.13. The van der Waals surface area contributed by atoms with Crippen molar-refractivity contribution in [2.45, 2.75) is 26.4 Å². The number of hydrogen-bond acceptors (Lipinski definition) is 4. The van der Waals surface area contributed by atoms with E-state index in [-0.39, 0.29) is 0 Å². The van der Waals surface area contributed by atoms with Crippen LogP contribution in [0.25, 0.3) is 5.82 Å². The van der Waals surface area contributed by atoms with E-state index in [1.807, 2.05) is 35.3 Å². The molecule has 0 aliphatic carbocycles. The molecule has 0 amide bonds. The predicted octanol–water partition coefficient (Wildman–Crippen LogP) is 2.49. The van der Waals surface area contributed by atoms with E-state index >= 15 is 0 Å². The molecular formula is C15H18N6. The van der Waals surface area contributed by atoms with Crippen LogP contribution in [0.5, 0.6) is 0 Å². The minimum Gasteiger partial charge on any atom is -0.378 e. The minimum absolute atomic E-state index is 0.712. The van der Waals surface area contributed by atoms with Gasteiger partial charge in [0, 0.05) is 43.4 Å². The molecule has 6 heteroatoms. The lowest BCUT2D eigenvalue weighted by Crippen LogP contribution is -2.06. The largest absolute Gasteiger partial charge is 0.378 e. The Morgan fingerprint density at radius 3 is 2.95 bits per heavy atom. The molecule has 0 saturated heterocycles. The van der Waals surface area contributed by atoms with E-state index in [0.717, 1.165) is 30.0 Å². The maximum absolute atomic E-state index is 4.39. The minimum atomic E-state index is 0.712. The molecular weight excluding hydrogens is 264 g/mol. The van der Waals surface area contributed by atoms with Crippen molar-refractivity contribution in [2.24, 2.45) is 0 Å². The molecule has 1 N–H and O–H groups in total. The lowest BCUT2D eigenvalue weighted by atomic mass is 10.3. The number of nitrogens with zero attached hydrogens (tertiary/aromatic N) is 5. The Morgan fingerprint density at radius 1 is 1.19 bits per heavy atom. The fourth-order valence-electron chi connectivity index (χ4n) is 2.16. The molecule has 0 aliphatic rings. The molecule has 21 heavy (non-hydrogen) atoms. The number of nitrogens with one attached hydrogen (secondary N) is 1. The summed E-state index contributed by atoms with van der Waals surface area (Å²) >= 11 is 0. The highest BCUT2D eigenvalue weighted by molar-refractivity contribution is 5.56. The van der Waals surface area contributed by atoms with Gasteiger partial charge in [-0.2, -0.15) is 10.2 Å². The van der Waals surface area contributed by atoms with Crippen molar-refractivity contribution in [3.05, 3.63) is 54.7 Å². The van der Waals surface area contributed by atoms with Gasteiger partial charge in [-0.1, -0.05) is 6.92 Å². The molecule has 6 nitrogen and oxygen atoms in total. The van der Waals surface area contributed by atoms with Gasteiger partial charge in [-0.05, 0) is 24.6 Å². The van der Waals surface area contributed by atoms with Gasteiger partial charge < -0.3 is 5.32 Å². The van der Waals surface area contributed by atoms with Crippen LogP contribution >= 0.6 is 0 Å². The summed E-state index contributed by atoms with van der Waals surface area (Å²) in [5, 5.41) is 12.0. The van der Waals surface area contributed by atoms with E-state index in [2.05, 4.69) is 33.6 Å². The number of rotatable bonds is 6. The molecule has 0 radical (unpaired) electrons. The molecule has 0 saturated carbocycles. The van der Waals surface area contributed by atoms with Crippen molar-refractivity contribution < 1.29 is 0 Å². The van der Waals surface area contributed by atoms with Crippen molar-refractivity contribution in [3.63, 3.8) is 0 Å². The Morgan fingerprint density at radius 2 is 2.14 bits per heavy atom. The zero-order valence-corrected chi connectivity index (χ0v) is 12.0. The second-order valence-corrected chi connectivity index (χ2v) is 4.79. The molecule has 0 aromatic carbocycles. The smallest absolute Gasteiger partial charge is 0.176 e. The van der Waals surface area contributed by atoms with Crippen LogP contribution in [0.3, 0.4) is 0 Å². The van der Waals surface area contributed by atoms with Crippen molar-refractivity contribution in [1.82, 2.24) is 24.5 Å². The zero-order valence-electron chi connectivity index (χ0n) is 12.0. The fraction of sp³-hybridized carbons (Fsp3) is 0.267. The Balaban J connectivity index is 1.73. The molecule has 0 spiro atoms. The Kier molecular flexibility index (Phi) is 3.95. The van der Waals surface area contributed by atoms with Gasteiger partial charge in [0.25, 0.3) is 0 Å². The molecule has 108 valence electrons. The zero-order chi connectivity index (χ0) is 14.5. The number of hydrogen-bond donors (Lipinski definition) is 1. The van der Waals surface area contributed by atoms with Crippen LogP contribution in [-0.2, 0) is 13.1 Å². The average molecular weight is 282 g/mol. The molecule has 3 rings (SSSR count). The molecule has 3 aromatic rings. The Labute approximate surface area is 123 Å². The van der Waals surface area contributed by atoms with Gasteiger partial charge in [-0.15, -0.1) is 0 Å². The highest BCUT2D eigenvalue weighted by Crippen LogP contribution is 2.17. The normalized spacial score (nSPS) is 10.7. The third kappa shape index (κ3) is 3.10. The quantitative estimate of drug-likeness (QED) is 0.754. The van der Waals surface area contributed by atoms with E-state index in [0.29, 0.717) is 6.54 Å².